The number of carboxylic acid groups (broad SMARTS) is 1. The van der Waals surface area contributed by atoms with E-state index in [0.29, 0.717) is 5.56 Å². The molecule has 106 valence electrons. The summed E-state index contributed by atoms with van der Waals surface area (Å²) in [5.41, 5.74) is 3.97. The van der Waals surface area contributed by atoms with Crippen LogP contribution in [0.3, 0.4) is 0 Å². The molecule has 0 atom stereocenters. The molecule has 3 aromatic carbocycles. The van der Waals surface area contributed by atoms with Crippen LogP contribution in [0.4, 0.5) is 0 Å². The van der Waals surface area contributed by atoms with Crippen LogP contribution < -0.4 is 0 Å². The van der Waals surface area contributed by atoms with Crippen LogP contribution in [-0.2, 0) is 0 Å². The molecule has 0 unspecified atom stereocenters. The molecule has 2 N–H and O–H groups in total. The lowest BCUT2D eigenvalue weighted by atomic mass is 9.97. The zero-order valence-electron chi connectivity index (χ0n) is 11.7. The van der Waals surface area contributed by atoms with Crippen molar-refractivity contribution >= 4 is 27.8 Å². The highest BCUT2D eigenvalue weighted by Gasteiger charge is 2.14. The number of hydrogen-bond acceptors (Lipinski definition) is 1. The van der Waals surface area contributed by atoms with Gasteiger partial charge in [-0.05, 0) is 17.7 Å². The van der Waals surface area contributed by atoms with Gasteiger partial charge in [0.25, 0.3) is 0 Å². The number of carboxylic acids is 1. The molecule has 4 rings (SSSR count). The third kappa shape index (κ3) is 1.79. The minimum atomic E-state index is -0.913. The smallest absolute Gasteiger partial charge is 0.336 e. The maximum atomic E-state index is 11.5. The van der Waals surface area contributed by atoms with E-state index in [1.54, 1.807) is 12.1 Å². The van der Waals surface area contributed by atoms with Crippen LogP contribution in [0.25, 0.3) is 32.9 Å². The number of benzene rings is 3. The van der Waals surface area contributed by atoms with Crippen molar-refractivity contribution < 1.29 is 9.90 Å². The maximum absolute atomic E-state index is 11.5. The number of nitrogens with one attached hydrogen (secondary N) is 1. The molecule has 1 heterocycles. The second kappa shape index (κ2) is 4.74. The van der Waals surface area contributed by atoms with E-state index >= 15 is 0 Å². The summed E-state index contributed by atoms with van der Waals surface area (Å²) in [6.07, 6.45) is 0. The Morgan fingerprint density at radius 1 is 0.773 bits per heavy atom. The number of para-hydroxylation sites is 2. The second-order valence-electron chi connectivity index (χ2n) is 5.25. The number of aromatic amines is 1. The molecule has 0 bridgehead atoms. The molecule has 1 aromatic heterocycles. The molecule has 0 aliphatic heterocycles. The van der Waals surface area contributed by atoms with Gasteiger partial charge in [-0.3, -0.25) is 0 Å². The molecule has 3 heteroatoms. The minimum absolute atomic E-state index is 0.314. The lowest BCUT2D eigenvalue weighted by Gasteiger charge is -2.07. The number of aromatic nitrogens is 1. The molecule has 0 aliphatic rings. The van der Waals surface area contributed by atoms with E-state index in [9.17, 15) is 9.90 Å². The lowest BCUT2D eigenvalue weighted by molar-refractivity contribution is 0.0698. The molecule has 4 aromatic rings. The van der Waals surface area contributed by atoms with E-state index in [-0.39, 0.29) is 0 Å². The van der Waals surface area contributed by atoms with Crippen molar-refractivity contribution in [2.45, 2.75) is 0 Å². The van der Waals surface area contributed by atoms with Gasteiger partial charge in [-0.1, -0.05) is 54.6 Å². The third-order valence-corrected chi connectivity index (χ3v) is 3.99. The summed E-state index contributed by atoms with van der Waals surface area (Å²) in [5.74, 6) is -0.913. The molecule has 0 saturated heterocycles. The summed E-state index contributed by atoms with van der Waals surface area (Å²) in [5, 5.41) is 11.7. The van der Waals surface area contributed by atoms with Gasteiger partial charge in [-0.25, -0.2) is 4.79 Å². The van der Waals surface area contributed by atoms with Crippen LogP contribution in [-0.4, -0.2) is 16.1 Å². The van der Waals surface area contributed by atoms with E-state index in [2.05, 4.69) is 17.1 Å². The van der Waals surface area contributed by atoms with Crippen molar-refractivity contribution in [1.29, 1.82) is 0 Å². The summed E-state index contributed by atoms with van der Waals surface area (Å²) in [4.78, 5) is 14.9. The molecule has 0 radical (unpaired) electrons. The van der Waals surface area contributed by atoms with Crippen LogP contribution in [0.5, 0.6) is 0 Å². The fraction of sp³-hybridized carbons (Fsp3) is 0. The molecule has 0 spiro atoms. The van der Waals surface area contributed by atoms with Gasteiger partial charge in [0, 0.05) is 21.9 Å². The van der Waals surface area contributed by atoms with Crippen LogP contribution in [0, 0.1) is 0 Å². The van der Waals surface area contributed by atoms with Crippen molar-refractivity contribution in [3.63, 3.8) is 0 Å². The van der Waals surface area contributed by atoms with Gasteiger partial charge in [-0.2, -0.15) is 0 Å². The maximum Gasteiger partial charge on any atom is 0.336 e. The molecule has 0 saturated carbocycles. The largest absolute Gasteiger partial charge is 0.478 e. The fourth-order valence-corrected chi connectivity index (χ4v) is 3.00. The first-order valence-electron chi connectivity index (χ1n) is 7.08. The quantitative estimate of drug-likeness (QED) is 0.562. The first kappa shape index (κ1) is 12.7. The third-order valence-electron chi connectivity index (χ3n) is 3.99. The monoisotopic (exact) mass is 287 g/mol. The van der Waals surface area contributed by atoms with Gasteiger partial charge in [0.2, 0.25) is 0 Å². The van der Waals surface area contributed by atoms with Crippen molar-refractivity contribution in [3.05, 3.63) is 72.3 Å². The van der Waals surface area contributed by atoms with Gasteiger partial charge in [0.05, 0.1) is 11.1 Å². The summed E-state index contributed by atoms with van der Waals surface area (Å²) in [7, 11) is 0. The first-order chi connectivity index (χ1) is 10.8. The topological polar surface area (TPSA) is 53.1 Å². The Balaban J connectivity index is 2.10. The molecular weight excluding hydrogens is 274 g/mol. The molecule has 0 amide bonds. The highest BCUT2D eigenvalue weighted by Crippen LogP contribution is 2.34. The average molecular weight is 287 g/mol. The van der Waals surface area contributed by atoms with Crippen LogP contribution in [0.1, 0.15) is 10.4 Å². The van der Waals surface area contributed by atoms with Crippen LogP contribution in [0.2, 0.25) is 0 Å². The van der Waals surface area contributed by atoms with Crippen molar-refractivity contribution in [3.8, 4) is 11.1 Å². The Kier molecular flexibility index (Phi) is 2.73. The molecular formula is C19H13NO2. The highest BCUT2D eigenvalue weighted by molar-refractivity contribution is 6.13. The zero-order chi connectivity index (χ0) is 15.1. The Bertz CT molecular complexity index is 1010. The molecule has 3 nitrogen and oxygen atoms in total. The molecule has 0 fully saturated rings. The van der Waals surface area contributed by atoms with Crippen LogP contribution >= 0.6 is 0 Å². The number of carbonyl (C=O) groups is 1. The fourth-order valence-electron chi connectivity index (χ4n) is 3.00. The zero-order valence-corrected chi connectivity index (χ0v) is 11.7. The Morgan fingerprint density at radius 2 is 1.45 bits per heavy atom. The number of hydrogen-bond donors (Lipinski definition) is 2. The van der Waals surface area contributed by atoms with Gasteiger partial charge in [-0.15, -0.1) is 0 Å². The van der Waals surface area contributed by atoms with Gasteiger partial charge in [0.1, 0.15) is 0 Å². The van der Waals surface area contributed by atoms with Crippen molar-refractivity contribution in [2.24, 2.45) is 0 Å². The van der Waals surface area contributed by atoms with Crippen molar-refractivity contribution in [2.75, 3.05) is 0 Å². The lowest BCUT2D eigenvalue weighted by Crippen LogP contribution is -1.99. The second-order valence-corrected chi connectivity index (χ2v) is 5.25. The number of fused-ring (bicyclic) bond motifs is 3. The number of aromatic carboxylic acids is 1. The Labute approximate surface area is 126 Å². The van der Waals surface area contributed by atoms with E-state index in [1.165, 1.54) is 0 Å². The number of rotatable bonds is 2. The number of H-pyrrole nitrogens is 1. The SMILES string of the molecule is O=C(O)c1ccccc1-c1cccc2c1[nH]c1ccccc12. The van der Waals surface area contributed by atoms with Crippen LogP contribution in [0.15, 0.2) is 66.7 Å². The van der Waals surface area contributed by atoms with Gasteiger partial charge in [0.15, 0.2) is 0 Å². The summed E-state index contributed by atoms with van der Waals surface area (Å²) < 4.78 is 0. The minimum Gasteiger partial charge on any atom is -0.478 e. The van der Waals surface area contributed by atoms with E-state index < -0.39 is 5.97 Å². The predicted molar refractivity (Wildman–Crippen MR) is 88.2 cm³/mol. The van der Waals surface area contributed by atoms with Crippen molar-refractivity contribution in [1.82, 2.24) is 4.98 Å². The van der Waals surface area contributed by atoms with Gasteiger partial charge >= 0.3 is 5.97 Å². The summed E-state index contributed by atoms with van der Waals surface area (Å²) in [6, 6.07) is 21.2. The first-order valence-corrected chi connectivity index (χ1v) is 7.08. The predicted octanol–water partition coefficient (Wildman–Crippen LogP) is 4.69. The Morgan fingerprint density at radius 3 is 2.32 bits per heavy atom. The Hall–Kier alpha value is -3.07. The van der Waals surface area contributed by atoms with E-state index in [0.717, 1.165) is 32.9 Å². The average Bonchev–Trinajstić information content (AvgIpc) is 2.93. The normalized spacial score (nSPS) is 11.1. The van der Waals surface area contributed by atoms with Gasteiger partial charge < -0.3 is 10.1 Å². The summed E-state index contributed by atoms with van der Waals surface area (Å²) >= 11 is 0. The highest BCUT2D eigenvalue weighted by atomic mass is 16.4. The van der Waals surface area contributed by atoms with E-state index in [4.69, 9.17) is 0 Å². The molecule has 0 aliphatic carbocycles. The van der Waals surface area contributed by atoms with E-state index in [1.807, 2.05) is 42.5 Å². The summed E-state index contributed by atoms with van der Waals surface area (Å²) in [6.45, 7) is 0. The molecule has 22 heavy (non-hydrogen) atoms. The standard InChI is InChI=1S/C19H13NO2/c21-19(22)16-8-2-1-6-12(16)14-9-5-10-15-13-7-3-4-11-17(13)20-18(14)15/h1-11,20H,(H,21,22).